The highest BCUT2D eigenvalue weighted by Crippen LogP contribution is 2.34. The molecule has 0 heterocycles. The Hall–Kier alpha value is -2.82. The van der Waals surface area contributed by atoms with Gasteiger partial charge in [-0.25, -0.2) is 8.42 Å². The Morgan fingerprint density at radius 3 is 2.29 bits per heavy atom. The van der Waals surface area contributed by atoms with Gasteiger partial charge in [0.25, 0.3) is 5.91 Å². The second-order valence-electron chi connectivity index (χ2n) is 6.40. The van der Waals surface area contributed by atoms with E-state index in [0.29, 0.717) is 5.02 Å². The quantitative estimate of drug-likeness (QED) is 0.204. The van der Waals surface area contributed by atoms with E-state index >= 15 is 0 Å². The van der Waals surface area contributed by atoms with Gasteiger partial charge < -0.3 is 21.6 Å². The van der Waals surface area contributed by atoms with Crippen LogP contribution in [0, 0.1) is 0 Å². The Balaban J connectivity index is 2.28. The molecule has 0 aliphatic heterocycles. The summed E-state index contributed by atoms with van der Waals surface area (Å²) < 4.78 is 25.7. The number of nitrogens with zero attached hydrogens (tertiary/aromatic N) is 1. The number of aromatic hydroxyl groups is 1. The third-order valence-electron chi connectivity index (χ3n) is 4.29. The SMILES string of the molecule is CCC(C(=O)Nc1cc(O)c(NC(=O)/C(C)=N/N)cc1Cl)S(=O)(=O)c1ccc(Cl)cc1. The molecule has 0 spiro atoms. The molecule has 2 aromatic rings. The number of hydrogen-bond donors (Lipinski definition) is 4. The molecule has 0 saturated heterocycles. The maximum atomic E-state index is 12.9. The zero-order valence-electron chi connectivity index (χ0n) is 16.5. The first-order valence-corrected chi connectivity index (χ1v) is 11.2. The predicted molar refractivity (Wildman–Crippen MR) is 120 cm³/mol. The number of nitrogens with two attached hydrogens (primary N) is 1. The van der Waals surface area contributed by atoms with E-state index in [4.69, 9.17) is 29.0 Å². The van der Waals surface area contributed by atoms with Crippen molar-refractivity contribution in [1.29, 1.82) is 0 Å². The van der Waals surface area contributed by atoms with Crippen molar-refractivity contribution in [3.63, 3.8) is 0 Å². The molecular formula is C19H20Cl2N4O5S. The van der Waals surface area contributed by atoms with Gasteiger partial charge in [-0.05, 0) is 43.7 Å². The van der Waals surface area contributed by atoms with Crippen molar-refractivity contribution in [2.45, 2.75) is 30.4 Å². The lowest BCUT2D eigenvalue weighted by Crippen LogP contribution is -2.34. The number of benzene rings is 2. The summed E-state index contributed by atoms with van der Waals surface area (Å²) in [6, 6.07) is 7.75. The fourth-order valence-electron chi connectivity index (χ4n) is 2.58. The maximum absolute atomic E-state index is 12.9. The molecule has 0 aromatic heterocycles. The molecule has 0 aliphatic carbocycles. The van der Waals surface area contributed by atoms with Gasteiger partial charge in [0.15, 0.2) is 9.84 Å². The molecule has 2 aromatic carbocycles. The molecule has 166 valence electrons. The second kappa shape index (κ2) is 9.99. The number of rotatable bonds is 7. The number of phenolic OH excluding ortho intramolecular Hbond substituents is 1. The van der Waals surface area contributed by atoms with E-state index in [0.717, 1.165) is 6.07 Å². The molecule has 2 rings (SSSR count). The Kier molecular flexibility index (Phi) is 7.88. The zero-order valence-corrected chi connectivity index (χ0v) is 18.8. The summed E-state index contributed by atoms with van der Waals surface area (Å²) in [6.07, 6.45) is -0.00770. The van der Waals surface area contributed by atoms with Gasteiger partial charge in [-0.1, -0.05) is 30.1 Å². The topological polar surface area (TPSA) is 151 Å². The lowest BCUT2D eigenvalue weighted by atomic mass is 10.2. The van der Waals surface area contributed by atoms with E-state index in [1.54, 1.807) is 6.92 Å². The van der Waals surface area contributed by atoms with E-state index in [2.05, 4.69) is 15.7 Å². The fourth-order valence-corrected chi connectivity index (χ4v) is 4.54. The minimum atomic E-state index is -4.01. The Labute approximate surface area is 189 Å². The first kappa shape index (κ1) is 24.4. The average Bonchev–Trinajstić information content (AvgIpc) is 2.71. The average molecular weight is 487 g/mol. The molecule has 5 N–H and O–H groups in total. The number of carbonyl (C=O) groups excluding carboxylic acids is 2. The van der Waals surface area contributed by atoms with Crippen LogP contribution in [0.3, 0.4) is 0 Å². The van der Waals surface area contributed by atoms with Gasteiger partial charge >= 0.3 is 0 Å². The molecule has 0 fully saturated rings. The Morgan fingerprint density at radius 1 is 1.13 bits per heavy atom. The summed E-state index contributed by atoms with van der Waals surface area (Å²) in [5.41, 5.74) is -0.112. The van der Waals surface area contributed by atoms with Crippen molar-refractivity contribution in [1.82, 2.24) is 0 Å². The maximum Gasteiger partial charge on any atom is 0.271 e. The van der Waals surface area contributed by atoms with E-state index in [9.17, 15) is 23.1 Å². The standard InChI is InChI=1S/C19H20Cl2N4O5S/c1-3-17(31(29,30)12-6-4-11(20)5-7-12)19(28)23-14-9-16(26)15(8-13(14)21)24-18(27)10(2)25-22/h4-9,17,26H,3,22H2,1-2H3,(H,23,28)(H,24,27)/b25-10+. The first-order valence-electron chi connectivity index (χ1n) is 8.89. The molecule has 2 amide bonds. The smallest absolute Gasteiger partial charge is 0.271 e. The van der Waals surface area contributed by atoms with Crippen LogP contribution in [0.15, 0.2) is 46.4 Å². The number of anilines is 2. The van der Waals surface area contributed by atoms with E-state index in [1.807, 2.05) is 0 Å². The molecule has 0 saturated carbocycles. The monoisotopic (exact) mass is 486 g/mol. The molecule has 9 nitrogen and oxygen atoms in total. The molecule has 0 bridgehead atoms. The fraction of sp³-hybridized carbons (Fsp3) is 0.211. The van der Waals surface area contributed by atoms with Crippen LogP contribution in [-0.2, 0) is 19.4 Å². The van der Waals surface area contributed by atoms with Crippen LogP contribution in [0.1, 0.15) is 20.3 Å². The molecule has 1 unspecified atom stereocenters. The first-order chi connectivity index (χ1) is 14.5. The van der Waals surface area contributed by atoms with Gasteiger partial charge in [0.1, 0.15) is 16.7 Å². The number of hydrogen-bond acceptors (Lipinski definition) is 7. The summed E-state index contributed by atoms with van der Waals surface area (Å²) in [6.45, 7) is 2.92. The molecule has 0 radical (unpaired) electrons. The number of amides is 2. The minimum Gasteiger partial charge on any atom is -0.506 e. The minimum absolute atomic E-state index is 0.00770. The van der Waals surface area contributed by atoms with Crippen molar-refractivity contribution in [2.24, 2.45) is 10.9 Å². The van der Waals surface area contributed by atoms with Crippen LogP contribution >= 0.6 is 23.2 Å². The van der Waals surface area contributed by atoms with Gasteiger partial charge in [-0.2, -0.15) is 5.10 Å². The van der Waals surface area contributed by atoms with Crippen LogP contribution in [0.25, 0.3) is 0 Å². The van der Waals surface area contributed by atoms with Gasteiger partial charge in [-0.15, -0.1) is 0 Å². The number of sulfone groups is 1. The number of hydrazone groups is 1. The number of halogens is 2. The highest BCUT2D eigenvalue weighted by Gasteiger charge is 2.33. The molecular weight excluding hydrogens is 467 g/mol. The van der Waals surface area contributed by atoms with Gasteiger partial charge in [0, 0.05) is 11.1 Å². The van der Waals surface area contributed by atoms with Crippen molar-refractivity contribution < 1.29 is 23.1 Å². The predicted octanol–water partition coefficient (Wildman–Crippen LogP) is 3.16. The van der Waals surface area contributed by atoms with Gasteiger partial charge in [0.2, 0.25) is 5.91 Å². The van der Waals surface area contributed by atoms with Gasteiger partial charge in [0.05, 0.1) is 21.3 Å². The molecule has 1 atom stereocenters. The summed E-state index contributed by atoms with van der Waals surface area (Å²) in [5.74, 6) is 3.13. The normalized spacial score (nSPS) is 12.8. The van der Waals surface area contributed by atoms with Crippen LogP contribution in [-0.4, -0.2) is 36.3 Å². The second-order valence-corrected chi connectivity index (χ2v) is 9.38. The van der Waals surface area contributed by atoms with E-state index < -0.39 is 32.7 Å². The van der Waals surface area contributed by atoms with E-state index in [1.165, 1.54) is 37.3 Å². The Bertz CT molecular complexity index is 1130. The lowest BCUT2D eigenvalue weighted by molar-refractivity contribution is -0.116. The van der Waals surface area contributed by atoms with Crippen LogP contribution in [0.2, 0.25) is 10.0 Å². The summed E-state index contributed by atoms with van der Waals surface area (Å²) in [5, 5.41) is 17.1. The van der Waals surface area contributed by atoms with Crippen molar-refractivity contribution in [3.8, 4) is 5.75 Å². The van der Waals surface area contributed by atoms with Crippen LogP contribution < -0.4 is 16.5 Å². The van der Waals surface area contributed by atoms with Gasteiger partial charge in [-0.3, -0.25) is 9.59 Å². The summed E-state index contributed by atoms with van der Waals surface area (Å²) in [4.78, 5) is 24.5. The molecule has 0 aliphatic rings. The number of carbonyl (C=O) groups is 2. The largest absolute Gasteiger partial charge is 0.506 e. The van der Waals surface area contributed by atoms with Crippen molar-refractivity contribution in [3.05, 3.63) is 46.4 Å². The highest BCUT2D eigenvalue weighted by molar-refractivity contribution is 7.92. The Morgan fingerprint density at radius 2 is 1.74 bits per heavy atom. The van der Waals surface area contributed by atoms with Crippen molar-refractivity contribution in [2.75, 3.05) is 10.6 Å². The molecule has 31 heavy (non-hydrogen) atoms. The number of phenols is 1. The third-order valence-corrected chi connectivity index (χ3v) is 7.08. The molecule has 12 heteroatoms. The number of nitrogens with one attached hydrogen (secondary N) is 2. The van der Waals surface area contributed by atoms with Crippen LogP contribution in [0.5, 0.6) is 5.75 Å². The third kappa shape index (κ3) is 5.66. The lowest BCUT2D eigenvalue weighted by Gasteiger charge is -2.17. The van der Waals surface area contributed by atoms with Crippen molar-refractivity contribution >= 4 is 61.9 Å². The van der Waals surface area contributed by atoms with E-state index in [-0.39, 0.29) is 33.4 Å². The highest BCUT2D eigenvalue weighted by atomic mass is 35.5. The zero-order chi connectivity index (χ0) is 23.3. The summed E-state index contributed by atoms with van der Waals surface area (Å²) in [7, 11) is -4.01. The van der Waals surface area contributed by atoms with Crippen LogP contribution in [0.4, 0.5) is 11.4 Å². The summed E-state index contributed by atoms with van der Waals surface area (Å²) >= 11 is 11.9.